The summed E-state index contributed by atoms with van der Waals surface area (Å²) in [6, 6.07) is 5.90. The van der Waals surface area contributed by atoms with Crippen LogP contribution >= 0.6 is 0 Å². The minimum absolute atomic E-state index is 0.112. The van der Waals surface area contributed by atoms with Gasteiger partial charge in [0.15, 0.2) is 16.4 Å². The van der Waals surface area contributed by atoms with Crippen molar-refractivity contribution in [1.29, 1.82) is 0 Å². The molecule has 1 aromatic heterocycles. The Kier molecular flexibility index (Phi) is 4.86. The molecular weight excluding hydrogens is 330 g/mol. The Hall–Kier alpha value is -1.93. The number of rotatable bonds is 6. The molecule has 1 saturated heterocycles. The zero-order valence-corrected chi connectivity index (χ0v) is 14.6. The Morgan fingerprint density at radius 1 is 1.29 bits per heavy atom. The summed E-state index contributed by atoms with van der Waals surface area (Å²) in [5.74, 6) is 0.948. The molecular formula is C16H21N3O4S. The van der Waals surface area contributed by atoms with Crippen molar-refractivity contribution < 1.29 is 17.7 Å². The standard InChI is InChI=1S/C16H21N3O4S/c1-11-5-12(2)7-13(6-11)22-9-15-18-16(23-19-15)10-24(20,21)14-3-4-17-8-14/h5-7,14,17H,3-4,8-10H2,1-2H3. The number of hydrogen-bond donors (Lipinski definition) is 1. The molecule has 8 heteroatoms. The fourth-order valence-corrected chi connectivity index (χ4v) is 4.34. The van der Waals surface area contributed by atoms with E-state index in [4.69, 9.17) is 9.26 Å². The lowest BCUT2D eigenvalue weighted by Crippen LogP contribution is -2.25. The predicted octanol–water partition coefficient (Wildman–Crippen LogP) is 1.54. The molecule has 7 nitrogen and oxygen atoms in total. The molecule has 1 aromatic carbocycles. The van der Waals surface area contributed by atoms with Gasteiger partial charge in [-0.05, 0) is 50.1 Å². The largest absolute Gasteiger partial charge is 0.485 e. The fourth-order valence-electron chi connectivity index (χ4n) is 2.80. The van der Waals surface area contributed by atoms with Crippen LogP contribution in [0.1, 0.15) is 29.3 Å². The summed E-state index contributed by atoms with van der Waals surface area (Å²) in [4.78, 5) is 4.12. The van der Waals surface area contributed by atoms with Crippen LogP contribution in [0.25, 0.3) is 0 Å². The van der Waals surface area contributed by atoms with Crippen molar-refractivity contribution in [3.05, 3.63) is 41.0 Å². The highest BCUT2D eigenvalue weighted by atomic mass is 32.2. The molecule has 0 bridgehead atoms. The summed E-state index contributed by atoms with van der Waals surface area (Å²) < 4.78 is 35.2. The molecule has 0 amide bonds. The molecule has 24 heavy (non-hydrogen) atoms. The van der Waals surface area contributed by atoms with Crippen LogP contribution in [-0.2, 0) is 22.2 Å². The first-order chi connectivity index (χ1) is 11.4. The van der Waals surface area contributed by atoms with Crippen molar-refractivity contribution >= 4 is 9.84 Å². The molecule has 0 radical (unpaired) electrons. The van der Waals surface area contributed by atoms with Gasteiger partial charge in [-0.15, -0.1) is 0 Å². The lowest BCUT2D eigenvalue weighted by atomic mass is 10.1. The highest BCUT2D eigenvalue weighted by Gasteiger charge is 2.30. The van der Waals surface area contributed by atoms with Crippen molar-refractivity contribution in [2.45, 2.75) is 37.9 Å². The second kappa shape index (κ2) is 6.90. The van der Waals surface area contributed by atoms with E-state index >= 15 is 0 Å². The van der Waals surface area contributed by atoms with Crippen molar-refractivity contribution in [2.75, 3.05) is 13.1 Å². The molecule has 1 unspecified atom stereocenters. The highest BCUT2D eigenvalue weighted by molar-refractivity contribution is 7.91. The quantitative estimate of drug-likeness (QED) is 0.843. The first kappa shape index (κ1) is 16.9. The van der Waals surface area contributed by atoms with E-state index in [1.54, 1.807) is 0 Å². The van der Waals surface area contributed by atoms with Crippen LogP contribution < -0.4 is 10.1 Å². The molecule has 1 N–H and O–H groups in total. The lowest BCUT2D eigenvalue weighted by molar-refractivity contribution is 0.285. The van der Waals surface area contributed by atoms with E-state index in [2.05, 4.69) is 21.5 Å². The van der Waals surface area contributed by atoms with Crippen LogP contribution in [0.2, 0.25) is 0 Å². The SMILES string of the molecule is Cc1cc(C)cc(OCc2noc(CS(=O)(=O)C3CCNC3)n2)c1. The van der Waals surface area contributed by atoms with E-state index in [0.29, 0.717) is 18.8 Å². The van der Waals surface area contributed by atoms with Gasteiger partial charge in [-0.1, -0.05) is 11.2 Å². The number of ether oxygens (including phenoxy) is 1. The molecule has 2 heterocycles. The summed E-state index contributed by atoms with van der Waals surface area (Å²) in [7, 11) is -3.28. The van der Waals surface area contributed by atoms with Gasteiger partial charge in [-0.25, -0.2) is 8.42 Å². The summed E-state index contributed by atoms with van der Waals surface area (Å²) in [6.45, 7) is 5.34. The second-order valence-electron chi connectivity index (χ2n) is 6.14. The molecule has 0 spiro atoms. The number of nitrogens with one attached hydrogen (secondary N) is 1. The third-order valence-corrected chi connectivity index (χ3v) is 5.99. The van der Waals surface area contributed by atoms with E-state index in [0.717, 1.165) is 23.4 Å². The maximum atomic E-state index is 12.3. The normalized spacial score (nSPS) is 18.0. The number of aromatic nitrogens is 2. The van der Waals surface area contributed by atoms with Gasteiger partial charge in [0, 0.05) is 6.54 Å². The summed E-state index contributed by atoms with van der Waals surface area (Å²) >= 11 is 0. The number of hydrogen-bond acceptors (Lipinski definition) is 7. The summed E-state index contributed by atoms with van der Waals surface area (Å²) in [6.07, 6.45) is 0.624. The topological polar surface area (TPSA) is 94.3 Å². The smallest absolute Gasteiger partial charge is 0.241 e. The fraction of sp³-hybridized carbons (Fsp3) is 0.500. The van der Waals surface area contributed by atoms with Gasteiger partial charge in [0.05, 0.1) is 5.25 Å². The molecule has 0 aliphatic carbocycles. The van der Waals surface area contributed by atoms with Gasteiger partial charge in [-0.3, -0.25) is 0 Å². The van der Waals surface area contributed by atoms with Crippen LogP contribution in [0.3, 0.4) is 0 Å². The molecule has 2 aromatic rings. The van der Waals surface area contributed by atoms with E-state index < -0.39 is 9.84 Å². The van der Waals surface area contributed by atoms with Gasteiger partial charge in [0.1, 0.15) is 11.5 Å². The molecule has 1 atom stereocenters. The van der Waals surface area contributed by atoms with E-state index in [9.17, 15) is 8.42 Å². The Labute approximate surface area is 141 Å². The van der Waals surface area contributed by atoms with Gasteiger partial charge in [0.25, 0.3) is 0 Å². The lowest BCUT2D eigenvalue weighted by Gasteiger charge is -2.07. The minimum atomic E-state index is -3.28. The monoisotopic (exact) mass is 351 g/mol. The molecule has 130 valence electrons. The van der Waals surface area contributed by atoms with Crippen LogP contribution in [0.5, 0.6) is 5.75 Å². The van der Waals surface area contributed by atoms with E-state index in [1.807, 2.05) is 26.0 Å². The first-order valence-corrected chi connectivity index (χ1v) is 9.59. The maximum absolute atomic E-state index is 12.3. The van der Waals surface area contributed by atoms with Crippen LogP contribution in [0.15, 0.2) is 22.7 Å². The van der Waals surface area contributed by atoms with Crippen LogP contribution in [-0.4, -0.2) is 36.9 Å². The maximum Gasteiger partial charge on any atom is 0.241 e. The van der Waals surface area contributed by atoms with Crippen LogP contribution in [0.4, 0.5) is 0 Å². The molecule has 1 aliphatic rings. The highest BCUT2D eigenvalue weighted by Crippen LogP contribution is 2.18. The Morgan fingerprint density at radius 3 is 2.71 bits per heavy atom. The van der Waals surface area contributed by atoms with Gasteiger partial charge >= 0.3 is 0 Å². The van der Waals surface area contributed by atoms with E-state index in [1.165, 1.54) is 0 Å². The Morgan fingerprint density at radius 2 is 2.04 bits per heavy atom. The van der Waals surface area contributed by atoms with Gasteiger partial charge < -0.3 is 14.6 Å². The third-order valence-electron chi connectivity index (χ3n) is 3.92. The minimum Gasteiger partial charge on any atom is -0.485 e. The molecule has 1 fully saturated rings. The molecule has 0 saturated carbocycles. The molecule has 3 rings (SSSR count). The van der Waals surface area contributed by atoms with Crippen LogP contribution in [0, 0.1) is 13.8 Å². The number of benzene rings is 1. The Bertz CT molecular complexity index is 790. The third kappa shape index (κ3) is 4.12. The van der Waals surface area contributed by atoms with Crippen molar-refractivity contribution in [3.63, 3.8) is 0 Å². The number of nitrogens with zero attached hydrogens (tertiary/aromatic N) is 2. The Balaban J connectivity index is 1.61. The van der Waals surface area contributed by atoms with Gasteiger partial charge in [-0.2, -0.15) is 4.98 Å². The van der Waals surface area contributed by atoms with E-state index in [-0.39, 0.29) is 23.5 Å². The van der Waals surface area contributed by atoms with Crippen molar-refractivity contribution in [2.24, 2.45) is 0 Å². The second-order valence-corrected chi connectivity index (χ2v) is 8.42. The average Bonchev–Trinajstić information content (AvgIpc) is 3.15. The zero-order valence-electron chi connectivity index (χ0n) is 13.8. The average molecular weight is 351 g/mol. The van der Waals surface area contributed by atoms with Crippen molar-refractivity contribution in [1.82, 2.24) is 15.5 Å². The number of aryl methyl sites for hydroxylation is 2. The number of sulfone groups is 1. The summed E-state index contributed by atoms with van der Waals surface area (Å²) in [5.41, 5.74) is 2.21. The van der Waals surface area contributed by atoms with Crippen molar-refractivity contribution in [3.8, 4) is 5.75 Å². The summed E-state index contributed by atoms with van der Waals surface area (Å²) in [5, 5.41) is 6.47. The van der Waals surface area contributed by atoms with Gasteiger partial charge in [0.2, 0.25) is 11.7 Å². The predicted molar refractivity (Wildman–Crippen MR) is 88.4 cm³/mol. The first-order valence-electron chi connectivity index (χ1n) is 7.87. The zero-order chi connectivity index (χ0) is 17.2. The molecule has 1 aliphatic heterocycles.